The van der Waals surface area contributed by atoms with Crippen molar-refractivity contribution in [1.29, 1.82) is 0 Å². The van der Waals surface area contributed by atoms with E-state index in [1.165, 1.54) is 0 Å². The van der Waals surface area contributed by atoms with Gasteiger partial charge in [0.15, 0.2) is 11.5 Å². The van der Waals surface area contributed by atoms with Crippen LogP contribution in [0.25, 0.3) is 33.4 Å². The van der Waals surface area contributed by atoms with E-state index < -0.39 is 0 Å². The van der Waals surface area contributed by atoms with Crippen molar-refractivity contribution in [2.24, 2.45) is 5.92 Å². The van der Waals surface area contributed by atoms with Crippen molar-refractivity contribution in [3.63, 3.8) is 0 Å². The molecule has 5 rings (SSSR count). The molecule has 1 fully saturated rings. The molecular formula is C22H19ClN6O. The molecule has 0 atom stereocenters. The highest BCUT2D eigenvalue weighted by molar-refractivity contribution is 6.35. The van der Waals surface area contributed by atoms with Crippen LogP contribution in [0.5, 0.6) is 0 Å². The molecule has 4 N–H and O–H groups in total. The summed E-state index contributed by atoms with van der Waals surface area (Å²) < 4.78 is 0. The monoisotopic (exact) mass is 418 g/mol. The fourth-order valence-electron chi connectivity index (χ4n) is 3.41. The molecule has 0 unspecified atom stereocenters. The Kier molecular flexibility index (Phi) is 4.59. The third-order valence-electron chi connectivity index (χ3n) is 5.21. The van der Waals surface area contributed by atoms with Crippen molar-refractivity contribution in [3.8, 4) is 22.5 Å². The van der Waals surface area contributed by atoms with E-state index in [9.17, 15) is 4.79 Å². The minimum atomic E-state index is -0.316. The van der Waals surface area contributed by atoms with Gasteiger partial charge < -0.3 is 11.1 Å². The number of anilines is 1. The van der Waals surface area contributed by atoms with Crippen LogP contribution in [0.2, 0.25) is 5.02 Å². The van der Waals surface area contributed by atoms with Crippen molar-refractivity contribution in [3.05, 3.63) is 59.4 Å². The number of hydrogen-bond donors (Lipinski definition) is 3. The van der Waals surface area contributed by atoms with Gasteiger partial charge in [-0.25, -0.2) is 9.97 Å². The minimum Gasteiger partial charge on any atom is -0.382 e. The Morgan fingerprint density at radius 3 is 2.67 bits per heavy atom. The molecule has 8 heteroatoms. The summed E-state index contributed by atoms with van der Waals surface area (Å²) >= 11 is 6.45. The molecule has 30 heavy (non-hydrogen) atoms. The summed E-state index contributed by atoms with van der Waals surface area (Å²) in [6, 6.07) is 13.3. The highest BCUT2D eigenvalue weighted by atomic mass is 35.5. The van der Waals surface area contributed by atoms with Gasteiger partial charge in [0.05, 0.1) is 28.1 Å². The standard InChI is InChI=1S/C22H19ClN6O/c23-16-9-14(8-15-11-26-29-17(15)16)19-18(13-4-2-1-3-5-13)28-21(24)20(27-19)22(30)25-10-12-6-7-12/h1-5,8-9,11-12H,6-7,10H2,(H2,24,28)(H,25,30)(H,26,29). The van der Waals surface area contributed by atoms with Gasteiger partial charge in [0.1, 0.15) is 0 Å². The van der Waals surface area contributed by atoms with Gasteiger partial charge in [-0.3, -0.25) is 9.89 Å². The Balaban J connectivity index is 1.66. The van der Waals surface area contributed by atoms with Crippen LogP contribution in [-0.2, 0) is 0 Å². The molecule has 7 nitrogen and oxygen atoms in total. The number of halogens is 1. The predicted molar refractivity (Wildman–Crippen MR) is 117 cm³/mol. The number of nitrogens with zero attached hydrogens (tertiary/aromatic N) is 3. The first-order valence-electron chi connectivity index (χ1n) is 9.74. The summed E-state index contributed by atoms with van der Waals surface area (Å²) in [5.41, 5.74) is 9.73. The molecule has 0 radical (unpaired) electrons. The van der Waals surface area contributed by atoms with Crippen LogP contribution >= 0.6 is 11.6 Å². The van der Waals surface area contributed by atoms with Gasteiger partial charge in [-0.1, -0.05) is 41.9 Å². The number of rotatable bonds is 5. The number of nitrogens with one attached hydrogen (secondary N) is 2. The van der Waals surface area contributed by atoms with Crippen molar-refractivity contribution in [1.82, 2.24) is 25.5 Å². The Bertz CT molecular complexity index is 1250. The Labute approximate surface area is 177 Å². The predicted octanol–water partition coefficient (Wildman–Crippen LogP) is 4.06. The first-order chi connectivity index (χ1) is 14.6. The number of nitrogens with two attached hydrogens (primary N) is 1. The molecule has 4 aromatic rings. The summed E-state index contributed by atoms with van der Waals surface area (Å²) in [5.74, 6) is 0.332. The number of carbonyl (C=O) groups excluding carboxylic acids is 1. The normalized spacial score (nSPS) is 13.5. The first kappa shape index (κ1) is 18.6. The highest BCUT2D eigenvalue weighted by Crippen LogP contribution is 2.35. The van der Waals surface area contributed by atoms with Crippen LogP contribution < -0.4 is 11.1 Å². The zero-order valence-electron chi connectivity index (χ0n) is 16.0. The third-order valence-corrected chi connectivity index (χ3v) is 5.51. The number of aromatic amines is 1. The molecular weight excluding hydrogens is 400 g/mol. The van der Waals surface area contributed by atoms with Crippen LogP contribution in [0.1, 0.15) is 23.3 Å². The second kappa shape index (κ2) is 7.42. The molecule has 1 aliphatic carbocycles. The van der Waals surface area contributed by atoms with E-state index in [-0.39, 0.29) is 17.4 Å². The van der Waals surface area contributed by atoms with E-state index in [1.807, 2.05) is 36.4 Å². The third kappa shape index (κ3) is 3.48. The Morgan fingerprint density at radius 2 is 1.90 bits per heavy atom. The van der Waals surface area contributed by atoms with E-state index >= 15 is 0 Å². The van der Waals surface area contributed by atoms with Crippen molar-refractivity contribution >= 4 is 34.2 Å². The zero-order chi connectivity index (χ0) is 20.7. The molecule has 0 aliphatic heterocycles. The highest BCUT2D eigenvalue weighted by Gasteiger charge is 2.24. The number of aromatic nitrogens is 4. The van der Waals surface area contributed by atoms with Crippen molar-refractivity contribution in [2.75, 3.05) is 12.3 Å². The number of benzene rings is 2. The summed E-state index contributed by atoms with van der Waals surface area (Å²) in [6.07, 6.45) is 3.98. The molecule has 2 aromatic heterocycles. The zero-order valence-corrected chi connectivity index (χ0v) is 16.8. The number of nitrogen functional groups attached to an aromatic ring is 1. The number of H-pyrrole nitrogens is 1. The summed E-state index contributed by atoms with van der Waals surface area (Å²) in [5, 5.41) is 11.2. The molecule has 2 aromatic carbocycles. The average Bonchev–Trinajstić information content (AvgIpc) is 3.47. The van der Waals surface area contributed by atoms with Crippen LogP contribution in [-0.4, -0.2) is 32.6 Å². The van der Waals surface area contributed by atoms with E-state index in [0.29, 0.717) is 28.9 Å². The van der Waals surface area contributed by atoms with Crippen LogP contribution in [0.15, 0.2) is 48.7 Å². The van der Waals surface area contributed by atoms with Gasteiger partial charge in [0, 0.05) is 23.1 Å². The van der Waals surface area contributed by atoms with Gasteiger partial charge in [-0.15, -0.1) is 0 Å². The Morgan fingerprint density at radius 1 is 1.13 bits per heavy atom. The second-order valence-electron chi connectivity index (χ2n) is 7.47. The van der Waals surface area contributed by atoms with Gasteiger partial charge >= 0.3 is 0 Å². The lowest BCUT2D eigenvalue weighted by Gasteiger charge is -2.13. The Hall–Kier alpha value is -3.45. The van der Waals surface area contributed by atoms with E-state index in [2.05, 4.69) is 25.5 Å². The van der Waals surface area contributed by atoms with E-state index in [0.717, 1.165) is 34.9 Å². The molecule has 0 spiro atoms. The van der Waals surface area contributed by atoms with Gasteiger partial charge in [0.2, 0.25) is 0 Å². The number of hydrogen-bond acceptors (Lipinski definition) is 5. The summed E-state index contributed by atoms with van der Waals surface area (Å²) in [4.78, 5) is 22.0. The molecule has 150 valence electrons. The largest absolute Gasteiger partial charge is 0.382 e. The van der Waals surface area contributed by atoms with E-state index in [1.54, 1.807) is 12.3 Å². The maximum Gasteiger partial charge on any atom is 0.273 e. The lowest BCUT2D eigenvalue weighted by atomic mass is 10.0. The number of carbonyl (C=O) groups is 1. The first-order valence-corrected chi connectivity index (χ1v) is 10.1. The van der Waals surface area contributed by atoms with Crippen LogP contribution in [0.4, 0.5) is 5.82 Å². The molecule has 1 saturated carbocycles. The molecule has 1 aliphatic rings. The van der Waals surface area contributed by atoms with Gasteiger partial charge in [-0.05, 0) is 30.9 Å². The van der Waals surface area contributed by atoms with Gasteiger partial charge in [-0.2, -0.15) is 5.10 Å². The van der Waals surface area contributed by atoms with Crippen LogP contribution in [0.3, 0.4) is 0 Å². The molecule has 1 amide bonds. The summed E-state index contributed by atoms with van der Waals surface area (Å²) in [6.45, 7) is 0.628. The van der Waals surface area contributed by atoms with Gasteiger partial charge in [0.25, 0.3) is 5.91 Å². The second-order valence-corrected chi connectivity index (χ2v) is 7.87. The topological polar surface area (TPSA) is 110 Å². The average molecular weight is 419 g/mol. The van der Waals surface area contributed by atoms with Crippen molar-refractivity contribution in [2.45, 2.75) is 12.8 Å². The van der Waals surface area contributed by atoms with E-state index in [4.69, 9.17) is 17.3 Å². The number of fused-ring (bicyclic) bond motifs is 1. The smallest absolute Gasteiger partial charge is 0.273 e. The fraction of sp³-hybridized carbons (Fsp3) is 0.182. The molecule has 2 heterocycles. The maximum absolute atomic E-state index is 12.7. The fourth-order valence-corrected chi connectivity index (χ4v) is 3.68. The lowest BCUT2D eigenvalue weighted by Crippen LogP contribution is -2.28. The molecule has 0 bridgehead atoms. The quantitative estimate of drug-likeness (QED) is 0.452. The lowest BCUT2D eigenvalue weighted by molar-refractivity contribution is 0.0947. The SMILES string of the molecule is Nc1nc(-c2ccccc2)c(-c2cc(Cl)c3[nH]ncc3c2)nc1C(=O)NCC1CC1. The minimum absolute atomic E-state index is 0.0985. The molecule has 0 saturated heterocycles. The summed E-state index contributed by atoms with van der Waals surface area (Å²) in [7, 11) is 0. The number of amides is 1. The maximum atomic E-state index is 12.7. The van der Waals surface area contributed by atoms with Crippen LogP contribution in [0, 0.1) is 5.92 Å². The van der Waals surface area contributed by atoms with Crippen molar-refractivity contribution < 1.29 is 4.79 Å².